The highest BCUT2D eigenvalue weighted by molar-refractivity contribution is 5.81. The average molecular weight is 258 g/mol. The van der Waals surface area contributed by atoms with Crippen molar-refractivity contribution in [2.45, 2.75) is 53.4 Å². The van der Waals surface area contributed by atoms with Crippen LogP contribution in [-0.4, -0.2) is 25.2 Å². The number of rotatable bonds is 9. The molecule has 0 aliphatic rings. The topological polar surface area (TPSA) is 52.6 Å². The van der Waals surface area contributed by atoms with Gasteiger partial charge in [0.15, 0.2) is 0 Å². The van der Waals surface area contributed by atoms with E-state index in [1.54, 1.807) is 6.92 Å². The molecule has 2 atom stereocenters. The molecule has 0 aromatic carbocycles. The van der Waals surface area contributed by atoms with Crippen LogP contribution < -0.4 is 0 Å². The summed E-state index contributed by atoms with van der Waals surface area (Å²) in [6, 6.07) is 0. The van der Waals surface area contributed by atoms with Crippen LogP contribution in [0.2, 0.25) is 0 Å². The van der Waals surface area contributed by atoms with Crippen LogP contribution in [0.3, 0.4) is 0 Å². The highest BCUT2D eigenvalue weighted by atomic mass is 16.5. The number of ether oxygens (including phenoxy) is 2. The molecule has 0 aliphatic heterocycles. The van der Waals surface area contributed by atoms with Crippen molar-refractivity contribution in [1.82, 2.24) is 0 Å². The zero-order valence-corrected chi connectivity index (χ0v) is 12.0. The molecule has 0 amide bonds. The lowest BCUT2D eigenvalue weighted by atomic mass is 9.90. The van der Waals surface area contributed by atoms with Crippen LogP contribution in [0.5, 0.6) is 0 Å². The van der Waals surface area contributed by atoms with Gasteiger partial charge in [0, 0.05) is 0 Å². The third-order valence-electron chi connectivity index (χ3n) is 2.77. The first-order chi connectivity index (χ1) is 8.58. The van der Waals surface area contributed by atoms with Crippen LogP contribution in [0.15, 0.2) is 0 Å². The van der Waals surface area contributed by atoms with Crippen LogP contribution in [0, 0.1) is 11.8 Å². The van der Waals surface area contributed by atoms with Crippen LogP contribution in [0.1, 0.15) is 53.4 Å². The first-order valence-corrected chi connectivity index (χ1v) is 6.91. The maximum absolute atomic E-state index is 11.9. The lowest BCUT2D eigenvalue weighted by Crippen LogP contribution is -2.31. The zero-order chi connectivity index (χ0) is 14.0. The number of carbonyl (C=O) groups excluding carboxylic acids is 2. The van der Waals surface area contributed by atoms with E-state index in [1.165, 1.54) is 0 Å². The predicted molar refractivity (Wildman–Crippen MR) is 70.1 cm³/mol. The highest BCUT2D eigenvalue weighted by Gasteiger charge is 2.31. The van der Waals surface area contributed by atoms with Gasteiger partial charge in [-0.25, -0.2) is 0 Å². The molecule has 4 nitrogen and oxygen atoms in total. The van der Waals surface area contributed by atoms with Gasteiger partial charge < -0.3 is 9.47 Å². The van der Waals surface area contributed by atoms with Crippen LogP contribution in [0.25, 0.3) is 0 Å². The van der Waals surface area contributed by atoms with Gasteiger partial charge in [0.05, 0.1) is 25.0 Å². The Kier molecular flexibility index (Phi) is 9.33. The van der Waals surface area contributed by atoms with E-state index in [2.05, 4.69) is 0 Å². The fourth-order valence-electron chi connectivity index (χ4n) is 1.69. The molecule has 2 unspecified atom stereocenters. The van der Waals surface area contributed by atoms with Gasteiger partial charge in [-0.1, -0.05) is 34.1 Å². The summed E-state index contributed by atoms with van der Waals surface area (Å²) < 4.78 is 10.2. The van der Waals surface area contributed by atoms with E-state index >= 15 is 0 Å². The SMILES string of the molecule is CCCOC(=O)C(C)C(CCC)C(=O)OCCC. The summed E-state index contributed by atoms with van der Waals surface area (Å²) in [5.74, 6) is -1.39. The van der Waals surface area contributed by atoms with Crippen LogP contribution >= 0.6 is 0 Å². The summed E-state index contributed by atoms with van der Waals surface area (Å²) in [6.45, 7) is 8.44. The summed E-state index contributed by atoms with van der Waals surface area (Å²) in [5.41, 5.74) is 0. The predicted octanol–water partition coefficient (Wildman–Crippen LogP) is 2.95. The molecule has 0 rings (SSSR count). The highest BCUT2D eigenvalue weighted by Crippen LogP contribution is 2.21. The Bertz CT molecular complexity index is 250. The van der Waals surface area contributed by atoms with Gasteiger partial charge in [0.1, 0.15) is 0 Å². The minimum atomic E-state index is -0.430. The van der Waals surface area contributed by atoms with Crippen molar-refractivity contribution < 1.29 is 19.1 Å². The first-order valence-electron chi connectivity index (χ1n) is 6.91. The molecule has 0 aromatic heterocycles. The fourth-order valence-corrected chi connectivity index (χ4v) is 1.69. The minimum Gasteiger partial charge on any atom is -0.465 e. The van der Waals surface area contributed by atoms with E-state index in [4.69, 9.17) is 9.47 Å². The second kappa shape index (κ2) is 9.92. The normalized spacial score (nSPS) is 13.8. The second-order valence-electron chi connectivity index (χ2n) is 4.52. The Morgan fingerprint density at radius 2 is 1.39 bits per heavy atom. The molecule has 0 heterocycles. The van der Waals surface area contributed by atoms with Crippen molar-refractivity contribution in [2.75, 3.05) is 13.2 Å². The van der Waals surface area contributed by atoms with Crippen molar-refractivity contribution >= 4 is 11.9 Å². The fraction of sp³-hybridized carbons (Fsp3) is 0.857. The number of esters is 2. The number of hydrogen-bond acceptors (Lipinski definition) is 4. The van der Waals surface area contributed by atoms with E-state index in [9.17, 15) is 9.59 Å². The van der Waals surface area contributed by atoms with Gasteiger partial charge in [0.2, 0.25) is 0 Å². The Hall–Kier alpha value is -1.06. The first kappa shape index (κ1) is 16.9. The van der Waals surface area contributed by atoms with Gasteiger partial charge in [-0.05, 0) is 19.3 Å². The summed E-state index contributed by atoms with van der Waals surface area (Å²) in [4.78, 5) is 23.6. The molecule has 4 heteroatoms. The van der Waals surface area contributed by atoms with Gasteiger partial charge in [-0.15, -0.1) is 0 Å². The van der Waals surface area contributed by atoms with E-state index in [-0.39, 0.29) is 17.9 Å². The van der Waals surface area contributed by atoms with Gasteiger partial charge in [-0.3, -0.25) is 9.59 Å². The minimum absolute atomic E-state index is 0.278. The molecular formula is C14H26O4. The Morgan fingerprint density at radius 1 is 0.889 bits per heavy atom. The molecule has 0 fully saturated rings. The van der Waals surface area contributed by atoms with Crippen LogP contribution in [0.4, 0.5) is 0 Å². The summed E-state index contributed by atoms with van der Waals surface area (Å²) >= 11 is 0. The van der Waals surface area contributed by atoms with E-state index in [1.807, 2.05) is 20.8 Å². The van der Waals surface area contributed by atoms with Crippen molar-refractivity contribution in [1.29, 1.82) is 0 Å². The maximum Gasteiger partial charge on any atom is 0.309 e. The molecule has 0 saturated carbocycles. The molecule has 0 aliphatic carbocycles. The standard InChI is InChI=1S/C14H26O4/c1-5-8-12(14(16)18-10-7-3)11(4)13(15)17-9-6-2/h11-12H,5-10H2,1-4H3. The van der Waals surface area contributed by atoms with Gasteiger partial charge >= 0.3 is 11.9 Å². The molecule has 0 aromatic rings. The van der Waals surface area contributed by atoms with E-state index in [0.717, 1.165) is 19.3 Å². The maximum atomic E-state index is 11.9. The van der Waals surface area contributed by atoms with Crippen molar-refractivity contribution in [3.63, 3.8) is 0 Å². The molecule has 0 saturated heterocycles. The second-order valence-corrected chi connectivity index (χ2v) is 4.52. The van der Waals surface area contributed by atoms with E-state index in [0.29, 0.717) is 19.6 Å². The zero-order valence-electron chi connectivity index (χ0n) is 12.0. The molecule has 18 heavy (non-hydrogen) atoms. The molecule has 106 valence electrons. The van der Waals surface area contributed by atoms with Crippen molar-refractivity contribution in [3.05, 3.63) is 0 Å². The molecular weight excluding hydrogens is 232 g/mol. The van der Waals surface area contributed by atoms with Gasteiger partial charge in [0.25, 0.3) is 0 Å². The lowest BCUT2D eigenvalue weighted by Gasteiger charge is -2.20. The molecule has 0 bridgehead atoms. The molecule has 0 radical (unpaired) electrons. The lowest BCUT2D eigenvalue weighted by molar-refractivity contribution is -0.160. The molecule has 0 spiro atoms. The largest absolute Gasteiger partial charge is 0.465 e. The van der Waals surface area contributed by atoms with Crippen LogP contribution in [-0.2, 0) is 19.1 Å². The number of hydrogen-bond donors (Lipinski definition) is 0. The quantitative estimate of drug-likeness (QED) is 0.597. The Morgan fingerprint density at radius 3 is 1.83 bits per heavy atom. The number of carbonyl (C=O) groups is 2. The third kappa shape index (κ3) is 6.03. The van der Waals surface area contributed by atoms with Crippen molar-refractivity contribution in [3.8, 4) is 0 Å². The Labute approximate surface area is 110 Å². The smallest absolute Gasteiger partial charge is 0.309 e. The monoisotopic (exact) mass is 258 g/mol. The van der Waals surface area contributed by atoms with Gasteiger partial charge in [-0.2, -0.15) is 0 Å². The van der Waals surface area contributed by atoms with Crippen molar-refractivity contribution in [2.24, 2.45) is 11.8 Å². The Balaban J connectivity index is 4.46. The summed E-state index contributed by atoms with van der Waals surface area (Å²) in [5, 5.41) is 0. The third-order valence-corrected chi connectivity index (χ3v) is 2.77. The summed E-state index contributed by atoms with van der Waals surface area (Å²) in [7, 11) is 0. The summed E-state index contributed by atoms with van der Waals surface area (Å²) in [6.07, 6.45) is 3.08. The average Bonchev–Trinajstić information content (AvgIpc) is 2.38. The molecule has 0 N–H and O–H groups in total. The van der Waals surface area contributed by atoms with E-state index < -0.39 is 5.92 Å².